The molecule has 9 heteroatoms. The van der Waals surface area contributed by atoms with Crippen LogP contribution < -0.4 is 24.8 Å². The SMILES string of the molecule is CCCCOC(=O)Nc1cc(C(=O)Nc2cc(OC)c(OC)c(OC)c2)ccc1CO. The number of methoxy groups -OCH3 is 3. The van der Waals surface area contributed by atoms with Crippen LogP contribution in [0, 0.1) is 0 Å². The third kappa shape index (κ3) is 6.26. The van der Waals surface area contributed by atoms with Crippen LogP contribution >= 0.6 is 0 Å². The maximum absolute atomic E-state index is 12.8. The van der Waals surface area contributed by atoms with Gasteiger partial charge in [-0.05, 0) is 18.6 Å². The van der Waals surface area contributed by atoms with Crippen molar-refractivity contribution in [2.45, 2.75) is 26.4 Å². The Hall–Kier alpha value is -3.46. The molecule has 0 fully saturated rings. The van der Waals surface area contributed by atoms with E-state index in [9.17, 15) is 14.7 Å². The van der Waals surface area contributed by atoms with E-state index in [1.165, 1.54) is 27.4 Å². The monoisotopic (exact) mass is 432 g/mol. The van der Waals surface area contributed by atoms with Crippen molar-refractivity contribution in [2.24, 2.45) is 0 Å². The lowest BCUT2D eigenvalue weighted by Gasteiger charge is -2.15. The molecule has 31 heavy (non-hydrogen) atoms. The van der Waals surface area contributed by atoms with Crippen LogP contribution in [0.2, 0.25) is 0 Å². The number of rotatable bonds is 10. The van der Waals surface area contributed by atoms with Crippen molar-refractivity contribution in [2.75, 3.05) is 38.6 Å². The van der Waals surface area contributed by atoms with Gasteiger partial charge in [-0.1, -0.05) is 19.4 Å². The molecule has 0 saturated carbocycles. The van der Waals surface area contributed by atoms with E-state index in [1.807, 2.05) is 6.92 Å². The predicted octanol–water partition coefficient (Wildman–Crippen LogP) is 3.81. The smallest absolute Gasteiger partial charge is 0.411 e. The number of aliphatic hydroxyl groups excluding tert-OH is 1. The fourth-order valence-electron chi connectivity index (χ4n) is 2.78. The highest BCUT2D eigenvalue weighted by atomic mass is 16.5. The van der Waals surface area contributed by atoms with E-state index in [0.717, 1.165) is 12.8 Å². The molecule has 0 aliphatic heterocycles. The Balaban J connectivity index is 2.23. The summed E-state index contributed by atoms with van der Waals surface area (Å²) in [4.78, 5) is 24.8. The molecular formula is C22H28N2O7. The van der Waals surface area contributed by atoms with Gasteiger partial charge in [0.15, 0.2) is 11.5 Å². The van der Waals surface area contributed by atoms with Crippen LogP contribution in [0.5, 0.6) is 17.2 Å². The van der Waals surface area contributed by atoms with Gasteiger partial charge in [0.2, 0.25) is 5.75 Å². The highest BCUT2D eigenvalue weighted by Gasteiger charge is 2.16. The van der Waals surface area contributed by atoms with Gasteiger partial charge in [0.25, 0.3) is 5.91 Å². The van der Waals surface area contributed by atoms with Gasteiger partial charge in [-0.2, -0.15) is 0 Å². The Morgan fingerprint density at radius 2 is 1.65 bits per heavy atom. The van der Waals surface area contributed by atoms with E-state index in [4.69, 9.17) is 18.9 Å². The number of hydrogen-bond acceptors (Lipinski definition) is 7. The molecule has 0 aliphatic rings. The van der Waals surface area contributed by atoms with Crippen molar-refractivity contribution in [3.8, 4) is 17.2 Å². The van der Waals surface area contributed by atoms with Crippen LogP contribution in [0.4, 0.5) is 16.2 Å². The first kappa shape index (κ1) is 23.8. The van der Waals surface area contributed by atoms with Gasteiger partial charge in [-0.3, -0.25) is 10.1 Å². The fourth-order valence-corrected chi connectivity index (χ4v) is 2.78. The molecule has 0 heterocycles. The zero-order chi connectivity index (χ0) is 22.8. The number of aliphatic hydroxyl groups is 1. The van der Waals surface area contributed by atoms with E-state index >= 15 is 0 Å². The number of carbonyl (C=O) groups excluding carboxylic acids is 2. The van der Waals surface area contributed by atoms with Crippen molar-refractivity contribution in [3.05, 3.63) is 41.5 Å². The molecular weight excluding hydrogens is 404 g/mol. The summed E-state index contributed by atoms with van der Waals surface area (Å²) in [6, 6.07) is 7.79. The summed E-state index contributed by atoms with van der Waals surface area (Å²) in [5.74, 6) is 0.763. The summed E-state index contributed by atoms with van der Waals surface area (Å²) in [5, 5.41) is 14.9. The molecule has 0 atom stereocenters. The normalized spacial score (nSPS) is 10.2. The van der Waals surface area contributed by atoms with E-state index in [2.05, 4.69) is 10.6 Å². The van der Waals surface area contributed by atoms with Gasteiger partial charge < -0.3 is 29.4 Å². The molecule has 0 saturated heterocycles. The van der Waals surface area contributed by atoms with Gasteiger partial charge >= 0.3 is 6.09 Å². The van der Waals surface area contributed by atoms with Gasteiger partial charge in [-0.15, -0.1) is 0 Å². The first-order valence-electron chi connectivity index (χ1n) is 9.76. The van der Waals surface area contributed by atoms with Crippen LogP contribution in [0.3, 0.4) is 0 Å². The lowest BCUT2D eigenvalue weighted by molar-refractivity contribution is 0.102. The van der Waals surface area contributed by atoms with Crippen LogP contribution in [-0.2, 0) is 11.3 Å². The first-order chi connectivity index (χ1) is 15.0. The molecule has 9 nitrogen and oxygen atoms in total. The number of anilines is 2. The van der Waals surface area contributed by atoms with E-state index in [0.29, 0.717) is 34.2 Å². The van der Waals surface area contributed by atoms with E-state index < -0.39 is 12.0 Å². The summed E-state index contributed by atoms with van der Waals surface area (Å²) >= 11 is 0. The van der Waals surface area contributed by atoms with E-state index in [-0.39, 0.29) is 18.8 Å². The highest BCUT2D eigenvalue weighted by molar-refractivity contribution is 6.05. The van der Waals surface area contributed by atoms with Crippen LogP contribution in [0.25, 0.3) is 0 Å². The second-order valence-corrected chi connectivity index (χ2v) is 6.51. The summed E-state index contributed by atoms with van der Waals surface area (Å²) in [7, 11) is 4.45. The number of amides is 2. The molecule has 0 unspecified atom stereocenters. The van der Waals surface area contributed by atoms with Crippen molar-refractivity contribution in [1.29, 1.82) is 0 Å². The number of carbonyl (C=O) groups is 2. The van der Waals surface area contributed by atoms with Crippen molar-refractivity contribution < 1.29 is 33.6 Å². The second-order valence-electron chi connectivity index (χ2n) is 6.51. The van der Waals surface area contributed by atoms with E-state index in [1.54, 1.807) is 24.3 Å². The Morgan fingerprint density at radius 3 is 2.19 bits per heavy atom. The quantitative estimate of drug-likeness (QED) is 0.489. The van der Waals surface area contributed by atoms with Crippen molar-refractivity contribution >= 4 is 23.4 Å². The van der Waals surface area contributed by atoms with Crippen LogP contribution in [0.1, 0.15) is 35.7 Å². The third-order valence-corrected chi connectivity index (χ3v) is 4.43. The second kappa shape index (κ2) is 11.7. The molecule has 2 aromatic rings. The van der Waals surface area contributed by atoms with Crippen molar-refractivity contribution in [1.82, 2.24) is 0 Å². The van der Waals surface area contributed by atoms with Gasteiger partial charge in [0.05, 0.1) is 40.2 Å². The summed E-state index contributed by atoms with van der Waals surface area (Å²) < 4.78 is 20.9. The van der Waals surface area contributed by atoms with Crippen LogP contribution in [-0.4, -0.2) is 45.0 Å². The lowest BCUT2D eigenvalue weighted by atomic mass is 10.1. The minimum atomic E-state index is -0.648. The Labute approximate surface area is 181 Å². The minimum Gasteiger partial charge on any atom is -0.493 e. The molecule has 3 N–H and O–H groups in total. The third-order valence-electron chi connectivity index (χ3n) is 4.43. The van der Waals surface area contributed by atoms with Crippen LogP contribution in [0.15, 0.2) is 30.3 Å². The Kier molecular flexibility index (Phi) is 8.95. The number of hydrogen-bond donors (Lipinski definition) is 3. The average Bonchev–Trinajstić information content (AvgIpc) is 2.78. The maximum Gasteiger partial charge on any atom is 0.411 e. The molecule has 0 radical (unpaired) electrons. The molecule has 0 aliphatic carbocycles. The highest BCUT2D eigenvalue weighted by Crippen LogP contribution is 2.40. The zero-order valence-electron chi connectivity index (χ0n) is 18.1. The van der Waals surface area contributed by atoms with Gasteiger partial charge in [-0.25, -0.2) is 4.79 Å². The number of unbranched alkanes of at least 4 members (excludes halogenated alkanes) is 1. The number of ether oxygens (including phenoxy) is 4. The lowest BCUT2D eigenvalue weighted by Crippen LogP contribution is -2.17. The van der Waals surface area contributed by atoms with Gasteiger partial charge in [0.1, 0.15) is 0 Å². The predicted molar refractivity (Wildman–Crippen MR) is 116 cm³/mol. The molecule has 0 spiro atoms. The average molecular weight is 432 g/mol. The summed E-state index contributed by atoms with van der Waals surface area (Å²) in [6.07, 6.45) is 0.994. The summed E-state index contributed by atoms with van der Waals surface area (Å²) in [6.45, 7) is 1.97. The number of benzene rings is 2. The molecule has 0 aromatic heterocycles. The Morgan fingerprint density at radius 1 is 0.968 bits per heavy atom. The standard InChI is InChI=1S/C22H28N2O7/c1-5-6-9-31-22(27)24-17-10-14(7-8-15(17)13-25)21(26)23-16-11-18(28-2)20(30-4)19(12-16)29-3/h7-8,10-12,25H,5-6,9,13H2,1-4H3,(H,23,26)(H,24,27). The molecule has 2 rings (SSSR count). The maximum atomic E-state index is 12.8. The minimum absolute atomic E-state index is 0.273. The summed E-state index contributed by atoms with van der Waals surface area (Å²) in [5.41, 5.74) is 1.45. The zero-order valence-corrected chi connectivity index (χ0v) is 18.1. The topological polar surface area (TPSA) is 115 Å². The Bertz CT molecular complexity index is 890. The van der Waals surface area contributed by atoms with Crippen molar-refractivity contribution in [3.63, 3.8) is 0 Å². The molecule has 0 bridgehead atoms. The largest absolute Gasteiger partial charge is 0.493 e. The molecule has 168 valence electrons. The fraction of sp³-hybridized carbons (Fsp3) is 0.364. The van der Waals surface area contributed by atoms with Gasteiger partial charge in [0, 0.05) is 28.9 Å². The first-order valence-corrected chi connectivity index (χ1v) is 9.76. The molecule has 2 amide bonds. The number of nitrogens with one attached hydrogen (secondary N) is 2. The molecule has 2 aromatic carbocycles.